The molecule has 0 aromatic rings. The molecule has 3 saturated heterocycles. The molecular weight excluding hydrogens is 256 g/mol. The van der Waals surface area contributed by atoms with Crippen molar-refractivity contribution in [3.63, 3.8) is 0 Å². The van der Waals surface area contributed by atoms with E-state index in [0.717, 1.165) is 0 Å². The number of ether oxygens (including phenoxy) is 5. The van der Waals surface area contributed by atoms with Crippen LogP contribution in [0.15, 0.2) is 0 Å². The largest absolute Gasteiger partial charge is 0.463 e. The summed E-state index contributed by atoms with van der Waals surface area (Å²) < 4.78 is 27.5. The Balaban J connectivity index is 1.72. The summed E-state index contributed by atoms with van der Waals surface area (Å²) >= 11 is 0. The first-order chi connectivity index (χ1) is 8.87. The normalized spacial score (nSPS) is 46.9. The summed E-state index contributed by atoms with van der Waals surface area (Å²) in [5.41, 5.74) is 0. The zero-order chi connectivity index (χ0) is 13.8. The van der Waals surface area contributed by atoms with E-state index in [1.165, 1.54) is 6.92 Å². The lowest BCUT2D eigenvalue weighted by atomic mass is 9.98. The molecule has 0 radical (unpaired) electrons. The molecule has 6 atom stereocenters. The summed E-state index contributed by atoms with van der Waals surface area (Å²) in [6.45, 7) is 4.93. The molecule has 3 aliphatic rings. The summed E-state index contributed by atoms with van der Waals surface area (Å²) in [6, 6.07) is 0. The number of fused-ring (bicyclic) bond motifs is 4. The van der Waals surface area contributed by atoms with Gasteiger partial charge in [0.2, 0.25) is 0 Å². The summed E-state index contributed by atoms with van der Waals surface area (Å²) in [6.07, 6.45) is -3.48. The van der Waals surface area contributed by atoms with Crippen LogP contribution in [0, 0.1) is 0 Å². The van der Waals surface area contributed by atoms with Crippen LogP contribution in [-0.4, -0.2) is 60.3 Å². The van der Waals surface area contributed by atoms with E-state index in [-0.39, 0.29) is 6.61 Å². The van der Waals surface area contributed by atoms with Gasteiger partial charge in [0, 0.05) is 6.92 Å². The fraction of sp³-hybridized carbons (Fsp3) is 0.917. The molecule has 2 bridgehead atoms. The number of hydrogen-bond donors (Lipinski definition) is 1. The van der Waals surface area contributed by atoms with Crippen molar-refractivity contribution in [2.24, 2.45) is 0 Å². The number of carbonyl (C=O) groups is 1. The van der Waals surface area contributed by atoms with Gasteiger partial charge in [-0.25, -0.2) is 0 Å². The van der Waals surface area contributed by atoms with Gasteiger partial charge >= 0.3 is 5.97 Å². The highest BCUT2D eigenvalue weighted by molar-refractivity contribution is 5.65. The lowest BCUT2D eigenvalue weighted by Crippen LogP contribution is -2.53. The maximum absolute atomic E-state index is 10.8. The van der Waals surface area contributed by atoms with Gasteiger partial charge in [-0.1, -0.05) is 0 Å². The number of rotatable bonds is 2. The Morgan fingerprint density at radius 3 is 2.58 bits per heavy atom. The molecule has 0 aromatic heterocycles. The van der Waals surface area contributed by atoms with Crippen LogP contribution in [-0.2, 0) is 28.5 Å². The zero-order valence-electron chi connectivity index (χ0n) is 11.1. The van der Waals surface area contributed by atoms with E-state index in [1.54, 1.807) is 13.8 Å². The highest BCUT2D eigenvalue weighted by Gasteiger charge is 2.61. The Hall–Kier alpha value is -0.730. The Kier molecular flexibility index (Phi) is 3.06. The maximum atomic E-state index is 10.8. The van der Waals surface area contributed by atoms with E-state index in [0.29, 0.717) is 0 Å². The molecule has 3 fully saturated rings. The molecular formula is C12H18O7. The van der Waals surface area contributed by atoms with Crippen LogP contribution in [0.5, 0.6) is 0 Å². The molecule has 0 unspecified atom stereocenters. The molecule has 3 aliphatic heterocycles. The van der Waals surface area contributed by atoms with Gasteiger partial charge in [0.05, 0.1) is 0 Å². The minimum absolute atomic E-state index is 0.0520. The van der Waals surface area contributed by atoms with Gasteiger partial charge < -0.3 is 28.8 Å². The molecule has 3 heterocycles. The van der Waals surface area contributed by atoms with Gasteiger partial charge in [0.1, 0.15) is 37.1 Å². The van der Waals surface area contributed by atoms with Crippen LogP contribution in [0.1, 0.15) is 20.8 Å². The second kappa shape index (κ2) is 4.39. The number of carbonyl (C=O) groups excluding carboxylic acids is 1. The van der Waals surface area contributed by atoms with Crippen molar-refractivity contribution in [1.82, 2.24) is 0 Å². The van der Waals surface area contributed by atoms with Crippen LogP contribution < -0.4 is 0 Å². The summed E-state index contributed by atoms with van der Waals surface area (Å²) in [5.74, 6) is -1.16. The van der Waals surface area contributed by atoms with E-state index < -0.39 is 48.6 Å². The van der Waals surface area contributed by atoms with E-state index in [9.17, 15) is 9.90 Å². The summed E-state index contributed by atoms with van der Waals surface area (Å²) in [7, 11) is 0. The van der Waals surface area contributed by atoms with Gasteiger partial charge in [0.25, 0.3) is 0 Å². The van der Waals surface area contributed by atoms with Crippen molar-refractivity contribution in [2.75, 3.05) is 6.61 Å². The Morgan fingerprint density at radius 1 is 1.21 bits per heavy atom. The lowest BCUT2D eigenvalue weighted by molar-refractivity contribution is -0.199. The van der Waals surface area contributed by atoms with E-state index >= 15 is 0 Å². The van der Waals surface area contributed by atoms with Crippen LogP contribution in [0.3, 0.4) is 0 Å². The third kappa shape index (κ3) is 2.25. The molecule has 3 rings (SSSR count). The fourth-order valence-electron chi connectivity index (χ4n) is 2.79. The summed E-state index contributed by atoms with van der Waals surface area (Å²) in [5, 5.41) is 10.3. The Morgan fingerprint density at radius 2 is 1.89 bits per heavy atom. The first kappa shape index (κ1) is 13.3. The number of hydrogen-bond acceptors (Lipinski definition) is 7. The van der Waals surface area contributed by atoms with Gasteiger partial charge in [-0.05, 0) is 13.8 Å². The Labute approximate surface area is 110 Å². The predicted molar refractivity (Wildman–Crippen MR) is 60.0 cm³/mol. The summed E-state index contributed by atoms with van der Waals surface area (Å²) in [4.78, 5) is 10.8. The van der Waals surface area contributed by atoms with Crippen molar-refractivity contribution in [3.05, 3.63) is 0 Å². The fourth-order valence-corrected chi connectivity index (χ4v) is 2.79. The van der Waals surface area contributed by atoms with Gasteiger partial charge in [-0.15, -0.1) is 0 Å². The first-order valence-electron chi connectivity index (χ1n) is 6.35. The van der Waals surface area contributed by atoms with E-state index in [2.05, 4.69) is 0 Å². The van der Waals surface area contributed by atoms with E-state index in [1.807, 2.05) is 0 Å². The molecule has 1 N–H and O–H groups in total. The van der Waals surface area contributed by atoms with Crippen LogP contribution in [0.25, 0.3) is 0 Å². The molecule has 0 aromatic carbocycles. The first-order valence-corrected chi connectivity index (χ1v) is 6.35. The molecule has 0 saturated carbocycles. The van der Waals surface area contributed by atoms with Gasteiger partial charge in [-0.2, -0.15) is 0 Å². The molecule has 7 heteroatoms. The number of aliphatic hydroxyl groups is 1. The minimum atomic E-state index is -0.869. The van der Waals surface area contributed by atoms with Crippen LogP contribution in [0.2, 0.25) is 0 Å². The average molecular weight is 274 g/mol. The maximum Gasteiger partial charge on any atom is 0.302 e. The van der Waals surface area contributed by atoms with Crippen LogP contribution >= 0.6 is 0 Å². The average Bonchev–Trinajstić information content (AvgIpc) is 2.83. The van der Waals surface area contributed by atoms with Gasteiger partial charge in [-0.3, -0.25) is 4.79 Å². The van der Waals surface area contributed by atoms with Gasteiger partial charge in [0.15, 0.2) is 12.1 Å². The molecule has 7 nitrogen and oxygen atoms in total. The number of esters is 1. The molecule has 0 spiro atoms. The second-order valence-electron chi connectivity index (χ2n) is 5.50. The van der Waals surface area contributed by atoms with E-state index in [4.69, 9.17) is 23.7 Å². The van der Waals surface area contributed by atoms with Crippen molar-refractivity contribution in [2.45, 2.75) is 63.4 Å². The van der Waals surface area contributed by atoms with Crippen molar-refractivity contribution < 1.29 is 33.6 Å². The monoisotopic (exact) mass is 274 g/mol. The number of aliphatic hydroxyl groups excluding tert-OH is 1. The topological polar surface area (TPSA) is 83.5 Å². The third-order valence-corrected chi connectivity index (χ3v) is 3.52. The zero-order valence-corrected chi connectivity index (χ0v) is 11.1. The van der Waals surface area contributed by atoms with Crippen molar-refractivity contribution in [1.29, 1.82) is 0 Å². The van der Waals surface area contributed by atoms with Crippen molar-refractivity contribution >= 4 is 5.97 Å². The van der Waals surface area contributed by atoms with Crippen molar-refractivity contribution in [3.8, 4) is 0 Å². The third-order valence-electron chi connectivity index (χ3n) is 3.52. The molecule has 19 heavy (non-hydrogen) atoms. The standard InChI is InChI=1S/C12H18O7/c1-5(13)15-4-6-8-7(14)9-10(11(16-6)17-8)19-12(2,3)18-9/h6-11,14H,4H2,1-3H3/t6-,7+,8+,9-,10-,11+/m0/s1. The predicted octanol–water partition coefficient (Wildman–Crippen LogP) is -0.446. The quantitative estimate of drug-likeness (QED) is 0.683. The second-order valence-corrected chi connectivity index (χ2v) is 5.50. The molecule has 0 amide bonds. The SMILES string of the molecule is CC(=O)OC[C@@H]1O[C@@H]2O[C@H]1[C@@H](O)[C@@H]1OC(C)(C)O[C@H]21. The highest BCUT2D eigenvalue weighted by Crippen LogP contribution is 2.42. The molecule has 108 valence electrons. The highest BCUT2D eigenvalue weighted by atomic mass is 16.8. The lowest BCUT2D eigenvalue weighted by Gasteiger charge is -2.32. The molecule has 0 aliphatic carbocycles. The minimum Gasteiger partial charge on any atom is -0.463 e. The Bertz CT molecular complexity index is 374. The van der Waals surface area contributed by atoms with Crippen LogP contribution in [0.4, 0.5) is 0 Å². The smallest absolute Gasteiger partial charge is 0.302 e.